The van der Waals surface area contributed by atoms with Crippen molar-refractivity contribution in [3.05, 3.63) is 93.9 Å². The van der Waals surface area contributed by atoms with Gasteiger partial charge in [0.1, 0.15) is 18.0 Å². The van der Waals surface area contributed by atoms with Gasteiger partial charge in [-0.05, 0) is 79.6 Å². The summed E-state index contributed by atoms with van der Waals surface area (Å²) in [7, 11) is 0. The predicted molar refractivity (Wildman–Crippen MR) is 135 cm³/mol. The zero-order valence-electron chi connectivity index (χ0n) is 19.1. The molecule has 3 amide bonds. The normalized spacial score (nSPS) is 14.6. The average molecular weight is 473 g/mol. The molecule has 0 saturated carbocycles. The molecule has 1 heterocycles. The number of amides is 3. The number of carbonyl (C=O) groups excluding carboxylic acids is 3. The van der Waals surface area contributed by atoms with Gasteiger partial charge in [-0.1, -0.05) is 48.0 Å². The molecule has 34 heavy (non-hydrogen) atoms. The van der Waals surface area contributed by atoms with E-state index in [1.54, 1.807) is 12.1 Å². The third-order valence-electron chi connectivity index (χ3n) is 5.25. The van der Waals surface area contributed by atoms with Crippen molar-refractivity contribution in [1.82, 2.24) is 4.90 Å². The van der Waals surface area contributed by atoms with Crippen molar-refractivity contribution in [2.75, 3.05) is 11.9 Å². The van der Waals surface area contributed by atoms with Crippen molar-refractivity contribution in [3.63, 3.8) is 0 Å². The summed E-state index contributed by atoms with van der Waals surface area (Å²) in [5, 5.41) is 2.37. The molecule has 1 N–H and O–H groups in total. The number of nitrogens with zero attached hydrogens (tertiary/aromatic N) is 1. The lowest BCUT2D eigenvalue weighted by Crippen LogP contribution is -2.36. The number of benzene rings is 3. The van der Waals surface area contributed by atoms with Crippen LogP contribution in [0.3, 0.4) is 0 Å². The molecule has 0 aliphatic carbocycles. The third-order valence-corrected chi connectivity index (χ3v) is 6.16. The first-order valence-electron chi connectivity index (χ1n) is 10.8. The number of anilines is 1. The predicted octanol–water partition coefficient (Wildman–Crippen LogP) is 6.08. The van der Waals surface area contributed by atoms with Crippen molar-refractivity contribution in [2.24, 2.45) is 0 Å². The van der Waals surface area contributed by atoms with Crippen LogP contribution < -0.4 is 10.1 Å². The van der Waals surface area contributed by atoms with Gasteiger partial charge in [0.05, 0.1) is 4.91 Å². The molecule has 7 heteroatoms. The summed E-state index contributed by atoms with van der Waals surface area (Å²) in [4.78, 5) is 39.2. The molecule has 1 fully saturated rings. The Kier molecular flexibility index (Phi) is 6.84. The summed E-state index contributed by atoms with van der Waals surface area (Å²) in [6.07, 6.45) is 1.63. The summed E-state index contributed by atoms with van der Waals surface area (Å²) in [6.45, 7) is 5.47. The smallest absolute Gasteiger partial charge is 0.294 e. The molecule has 0 bridgehead atoms. The van der Waals surface area contributed by atoms with E-state index in [9.17, 15) is 14.4 Å². The van der Waals surface area contributed by atoms with E-state index < -0.39 is 17.1 Å². The standard InChI is InChI=1S/C27H24N2O4S/c1-17-12-18(2)25(19(3)13-17)28-24(30)16-29-26(31)23(34-27(29)32)15-20-8-7-11-22(14-20)33-21-9-5-4-6-10-21/h4-15H,16H2,1-3H3,(H,28,30)/b23-15+. The number of thioether (sulfide) groups is 1. The van der Waals surface area contributed by atoms with Gasteiger partial charge in [0.25, 0.3) is 11.1 Å². The molecule has 0 atom stereocenters. The molecule has 1 aliphatic rings. The third kappa shape index (κ3) is 5.38. The Morgan fingerprint density at radius 2 is 1.62 bits per heavy atom. The fourth-order valence-corrected chi connectivity index (χ4v) is 4.62. The van der Waals surface area contributed by atoms with Crippen molar-refractivity contribution in [1.29, 1.82) is 0 Å². The molecule has 3 aromatic rings. The zero-order chi connectivity index (χ0) is 24.2. The minimum absolute atomic E-state index is 0.261. The lowest BCUT2D eigenvalue weighted by Gasteiger charge is -2.15. The number of rotatable bonds is 6. The number of hydrogen-bond donors (Lipinski definition) is 1. The minimum Gasteiger partial charge on any atom is -0.457 e. The molecule has 172 valence electrons. The van der Waals surface area contributed by atoms with Gasteiger partial charge < -0.3 is 10.1 Å². The number of ether oxygens (including phenoxy) is 1. The van der Waals surface area contributed by atoms with Gasteiger partial charge in [-0.25, -0.2) is 0 Å². The van der Waals surface area contributed by atoms with E-state index in [-0.39, 0.29) is 11.4 Å². The SMILES string of the molecule is Cc1cc(C)c(NC(=O)CN2C(=O)S/C(=C/c3cccc(Oc4ccccc4)c3)C2=O)c(C)c1. The first kappa shape index (κ1) is 23.3. The van der Waals surface area contributed by atoms with Crippen LogP contribution >= 0.6 is 11.8 Å². The molecule has 1 aliphatic heterocycles. The Hall–Kier alpha value is -3.84. The fourth-order valence-electron chi connectivity index (χ4n) is 3.78. The van der Waals surface area contributed by atoms with Gasteiger partial charge in [0, 0.05) is 5.69 Å². The van der Waals surface area contributed by atoms with E-state index >= 15 is 0 Å². The van der Waals surface area contributed by atoms with Crippen LogP contribution in [-0.4, -0.2) is 28.5 Å². The zero-order valence-corrected chi connectivity index (χ0v) is 19.9. The van der Waals surface area contributed by atoms with E-state index in [2.05, 4.69) is 5.32 Å². The maximum Gasteiger partial charge on any atom is 0.294 e. The maximum atomic E-state index is 12.9. The van der Waals surface area contributed by atoms with Crippen LogP contribution in [0, 0.1) is 20.8 Å². The van der Waals surface area contributed by atoms with Gasteiger partial charge in [-0.3, -0.25) is 19.3 Å². The highest BCUT2D eigenvalue weighted by Gasteiger charge is 2.36. The Morgan fingerprint density at radius 1 is 0.941 bits per heavy atom. The van der Waals surface area contributed by atoms with Gasteiger partial charge in [-0.15, -0.1) is 0 Å². The molecule has 0 aromatic heterocycles. The highest BCUT2D eigenvalue weighted by atomic mass is 32.2. The molecule has 1 saturated heterocycles. The maximum absolute atomic E-state index is 12.9. The lowest BCUT2D eigenvalue weighted by molar-refractivity contribution is -0.127. The van der Waals surface area contributed by atoms with Crippen LogP contribution in [-0.2, 0) is 9.59 Å². The number of nitrogens with one attached hydrogen (secondary N) is 1. The monoisotopic (exact) mass is 472 g/mol. The van der Waals surface area contributed by atoms with Crippen molar-refractivity contribution < 1.29 is 19.1 Å². The van der Waals surface area contributed by atoms with Gasteiger partial charge in [0.2, 0.25) is 5.91 Å². The van der Waals surface area contributed by atoms with Crippen LogP contribution in [0.2, 0.25) is 0 Å². The second kappa shape index (κ2) is 9.97. The highest BCUT2D eigenvalue weighted by Crippen LogP contribution is 2.33. The topological polar surface area (TPSA) is 75.7 Å². The average Bonchev–Trinajstić information content (AvgIpc) is 3.04. The first-order valence-corrected chi connectivity index (χ1v) is 11.6. The molecule has 4 rings (SSSR count). The van der Waals surface area contributed by atoms with Crippen molar-refractivity contribution >= 4 is 40.6 Å². The van der Waals surface area contributed by atoms with Gasteiger partial charge in [0.15, 0.2) is 0 Å². The summed E-state index contributed by atoms with van der Waals surface area (Å²) in [5.41, 5.74) is 4.37. The van der Waals surface area contributed by atoms with E-state index in [1.807, 2.05) is 81.4 Å². The van der Waals surface area contributed by atoms with E-state index in [0.29, 0.717) is 22.7 Å². The summed E-state index contributed by atoms with van der Waals surface area (Å²) in [5.74, 6) is 0.404. The van der Waals surface area contributed by atoms with Gasteiger partial charge >= 0.3 is 0 Å². The number of aryl methyl sites for hydroxylation is 3. The second-order valence-electron chi connectivity index (χ2n) is 8.08. The lowest BCUT2D eigenvalue weighted by atomic mass is 10.1. The second-order valence-corrected chi connectivity index (χ2v) is 9.07. The van der Waals surface area contributed by atoms with E-state index in [0.717, 1.165) is 33.4 Å². The number of para-hydroxylation sites is 1. The molecule has 6 nitrogen and oxygen atoms in total. The van der Waals surface area contributed by atoms with Gasteiger partial charge in [-0.2, -0.15) is 0 Å². The molecular weight excluding hydrogens is 448 g/mol. The summed E-state index contributed by atoms with van der Waals surface area (Å²) >= 11 is 0.821. The quantitative estimate of drug-likeness (QED) is 0.440. The van der Waals surface area contributed by atoms with E-state index in [4.69, 9.17) is 4.74 Å². The molecule has 0 radical (unpaired) electrons. The van der Waals surface area contributed by atoms with Crippen LogP contribution in [0.4, 0.5) is 10.5 Å². The number of carbonyl (C=O) groups is 3. The minimum atomic E-state index is -0.489. The Labute approximate surface area is 202 Å². The Bertz CT molecular complexity index is 1280. The Morgan fingerprint density at radius 3 is 2.32 bits per heavy atom. The fraction of sp³-hybridized carbons (Fsp3) is 0.148. The molecule has 0 spiro atoms. The van der Waals surface area contributed by atoms with Crippen LogP contribution in [0.1, 0.15) is 22.3 Å². The van der Waals surface area contributed by atoms with Crippen molar-refractivity contribution in [2.45, 2.75) is 20.8 Å². The highest BCUT2D eigenvalue weighted by molar-refractivity contribution is 8.18. The number of hydrogen-bond acceptors (Lipinski definition) is 5. The Balaban J connectivity index is 1.45. The van der Waals surface area contributed by atoms with Crippen LogP contribution in [0.5, 0.6) is 11.5 Å². The summed E-state index contributed by atoms with van der Waals surface area (Å²) < 4.78 is 5.84. The molecular formula is C27H24N2O4S. The van der Waals surface area contributed by atoms with Crippen LogP contribution in [0.25, 0.3) is 6.08 Å². The molecule has 0 unspecified atom stereocenters. The largest absolute Gasteiger partial charge is 0.457 e. The van der Waals surface area contributed by atoms with E-state index in [1.165, 1.54) is 0 Å². The van der Waals surface area contributed by atoms with Crippen molar-refractivity contribution in [3.8, 4) is 11.5 Å². The summed E-state index contributed by atoms with van der Waals surface area (Å²) in [6, 6.07) is 20.6. The number of imide groups is 1. The van der Waals surface area contributed by atoms with Crippen LogP contribution in [0.15, 0.2) is 71.6 Å². The molecule has 3 aromatic carbocycles. The first-order chi connectivity index (χ1) is 16.3.